The standard InChI is InChI=1S/C13H13Cl2NO3/c14-9-5-4-8(7-10(9)15)12(17)16-6-2-1-3-11(16)13(18)19/h4-5,7,11H,1-3,6H2,(H,18,19). The summed E-state index contributed by atoms with van der Waals surface area (Å²) < 4.78 is 0. The number of amides is 1. The average Bonchev–Trinajstić information content (AvgIpc) is 2.41. The highest BCUT2D eigenvalue weighted by Crippen LogP contribution is 2.25. The predicted octanol–water partition coefficient (Wildman–Crippen LogP) is 3.07. The molecule has 1 unspecified atom stereocenters. The second-order valence-electron chi connectivity index (χ2n) is 4.48. The number of carbonyl (C=O) groups is 2. The minimum atomic E-state index is -0.965. The zero-order valence-electron chi connectivity index (χ0n) is 10.1. The fourth-order valence-electron chi connectivity index (χ4n) is 2.23. The Morgan fingerprint density at radius 1 is 1.21 bits per heavy atom. The van der Waals surface area contributed by atoms with E-state index in [4.69, 9.17) is 28.3 Å². The Morgan fingerprint density at radius 2 is 1.95 bits per heavy atom. The number of carboxylic acid groups (broad SMARTS) is 1. The smallest absolute Gasteiger partial charge is 0.326 e. The molecule has 2 rings (SSSR count). The molecule has 6 heteroatoms. The van der Waals surface area contributed by atoms with Crippen molar-refractivity contribution in [1.82, 2.24) is 4.90 Å². The summed E-state index contributed by atoms with van der Waals surface area (Å²) in [5, 5.41) is 9.82. The number of likely N-dealkylation sites (tertiary alicyclic amines) is 1. The van der Waals surface area contributed by atoms with E-state index in [-0.39, 0.29) is 10.9 Å². The van der Waals surface area contributed by atoms with Gasteiger partial charge in [-0.15, -0.1) is 0 Å². The van der Waals surface area contributed by atoms with Gasteiger partial charge in [0.2, 0.25) is 0 Å². The number of nitrogens with zero attached hydrogens (tertiary/aromatic N) is 1. The molecule has 1 amide bonds. The number of carbonyl (C=O) groups excluding carboxylic acids is 1. The lowest BCUT2D eigenvalue weighted by Gasteiger charge is -2.33. The van der Waals surface area contributed by atoms with E-state index < -0.39 is 12.0 Å². The lowest BCUT2D eigenvalue weighted by molar-refractivity contribution is -0.143. The van der Waals surface area contributed by atoms with Crippen molar-refractivity contribution >= 4 is 35.1 Å². The molecule has 1 heterocycles. The first kappa shape index (κ1) is 14.2. The normalized spacial score (nSPS) is 19.3. The number of hydrogen-bond donors (Lipinski definition) is 1. The quantitative estimate of drug-likeness (QED) is 0.913. The molecule has 102 valence electrons. The molecular formula is C13H13Cl2NO3. The number of aliphatic carboxylic acids is 1. The highest BCUT2D eigenvalue weighted by Gasteiger charge is 2.32. The van der Waals surface area contributed by atoms with Crippen LogP contribution in [0.5, 0.6) is 0 Å². The number of rotatable bonds is 2. The summed E-state index contributed by atoms with van der Waals surface area (Å²) in [5.41, 5.74) is 0.363. The number of hydrogen-bond acceptors (Lipinski definition) is 2. The molecule has 1 aromatic rings. The summed E-state index contributed by atoms with van der Waals surface area (Å²) in [6, 6.07) is 3.82. The molecule has 1 aromatic carbocycles. The first-order valence-corrected chi connectivity index (χ1v) is 6.75. The fourth-order valence-corrected chi connectivity index (χ4v) is 2.52. The van der Waals surface area contributed by atoms with Crippen molar-refractivity contribution in [2.24, 2.45) is 0 Å². The third-order valence-electron chi connectivity index (χ3n) is 3.22. The summed E-state index contributed by atoms with van der Waals surface area (Å²) in [7, 11) is 0. The van der Waals surface area contributed by atoms with Crippen LogP contribution in [0.4, 0.5) is 0 Å². The molecule has 19 heavy (non-hydrogen) atoms. The third kappa shape index (κ3) is 3.01. The molecule has 1 N–H and O–H groups in total. The van der Waals surface area contributed by atoms with Crippen LogP contribution in [-0.2, 0) is 4.79 Å². The van der Waals surface area contributed by atoms with Crippen molar-refractivity contribution in [3.8, 4) is 0 Å². The lowest BCUT2D eigenvalue weighted by atomic mass is 10.0. The minimum absolute atomic E-state index is 0.288. The molecule has 0 aromatic heterocycles. The number of carboxylic acids is 1. The zero-order chi connectivity index (χ0) is 14.0. The summed E-state index contributed by atoms with van der Waals surface area (Å²) >= 11 is 11.7. The summed E-state index contributed by atoms with van der Waals surface area (Å²) in [4.78, 5) is 24.9. The number of halogens is 2. The molecule has 1 aliphatic heterocycles. The van der Waals surface area contributed by atoms with Crippen molar-refractivity contribution in [2.45, 2.75) is 25.3 Å². The third-order valence-corrected chi connectivity index (χ3v) is 3.95. The molecular weight excluding hydrogens is 289 g/mol. The van der Waals surface area contributed by atoms with Gasteiger partial charge in [-0.25, -0.2) is 4.79 Å². The highest BCUT2D eigenvalue weighted by atomic mass is 35.5. The Hall–Kier alpha value is -1.26. The first-order valence-electron chi connectivity index (χ1n) is 5.99. The van der Waals surface area contributed by atoms with E-state index in [0.29, 0.717) is 23.6 Å². The van der Waals surface area contributed by atoms with Gasteiger partial charge in [-0.05, 0) is 37.5 Å². The zero-order valence-corrected chi connectivity index (χ0v) is 11.6. The van der Waals surface area contributed by atoms with Crippen LogP contribution in [0.25, 0.3) is 0 Å². The van der Waals surface area contributed by atoms with Crippen molar-refractivity contribution in [1.29, 1.82) is 0 Å². The molecule has 1 atom stereocenters. The van der Waals surface area contributed by atoms with E-state index in [1.165, 1.54) is 17.0 Å². The van der Waals surface area contributed by atoms with Gasteiger partial charge >= 0.3 is 5.97 Å². The predicted molar refractivity (Wildman–Crippen MR) is 72.8 cm³/mol. The topological polar surface area (TPSA) is 57.6 Å². The van der Waals surface area contributed by atoms with Crippen LogP contribution in [0.1, 0.15) is 29.6 Å². The van der Waals surface area contributed by atoms with E-state index in [0.717, 1.165) is 12.8 Å². The van der Waals surface area contributed by atoms with Gasteiger partial charge in [0, 0.05) is 12.1 Å². The van der Waals surface area contributed by atoms with Crippen LogP contribution in [0.15, 0.2) is 18.2 Å². The molecule has 0 saturated carbocycles. The van der Waals surface area contributed by atoms with Crippen molar-refractivity contribution < 1.29 is 14.7 Å². The monoisotopic (exact) mass is 301 g/mol. The number of piperidine rings is 1. The largest absolute Gasteiger partial charge is 0.480 e. The molecule has 4 nitrogen and oxygen atoms in total. The van der Waals surface area contributed by atoms with Crippen LogP contribution in [-0.4, -0.2) is 34.5 Å². The van der Waals surface area contributed by atoms with Gasteiger partial charge < -0.3 is 10.0 Å². The maximum absolute atomic E-state index is 12.3. The highest BCUT2D eigenvalue weighted by molar-refractivity contribution is 6.42. The van der Waals surface area contributed by atoms with Crippen molar-refractivity contribution in [2.75, 3.05) is 6.54 Å². The van der Waals surface area contributed by atoms with Crippen LogP contribution in [0.3, 0.4) is 0 Å². The fraction of sp³-hybridized carbons (Fsp3) is 0.385. The Balaban J connectivity index is 2.26. The molecule has 0 radical (unpaired) electrons. The molecule has 0 bridgehead atoms. The molecule has 0 spiro atoms. The van der Waals surface area contributed by atoms with Gasteiger partial charge in [-0.1, -0.05) is 23.2 Å². The SMILES string of the molecule is O=C(O)C1CCCCN1C(=O)c1ccc(Cl)c(Cl)c1. The van der Waals surface area contributed by atoms with Crippen molar-refractivity contribution in [3.05, 3.63) is 33.8 Å². The Labute approximate surface area is 120 Å². The molecule has 1 aliphatic rings. The minimum Gasteiger partial charge on any atom is -0.480 e. The van der Waals surface area contributed by atoms with E-state index in [2.05, 4.69) is 0 Å². The van der Waals surface area contributed by atoms with Gasteiger partial charge in [0.25, 0.3) is 5.91 Å². The van der Waals surface area contributed by atoms with Crippen LogP contribution in [0, 0.1) is 0 Å². The van der Waals surface area contributed by atoms with E-state index in [1.54, 1.807) is 6.07 Å². The Bertz CT molecular complexity index is 519. The summed E-state index contributed by atoms with van der Waals surface area (Å²) in [6.45, 7) is 0.454. The lowest BCUT2D eigenvalue weighted by Crippen LogP contribution is -2.47. The van der Waals surface area contributed by atoms with E-state index in [9.17, 15) is 9.59 Å². The first-order chi connectivity index (χ1) is 9.00. The second-order valence-corrected chi connectivity index (χ2v) is 5.29. The number of benzene rings is 1. The van der Waals surface area contributed by atoms with Crippen molar-refractivity contribution in [3.63, 3.8) is 0 Å². The van der Waals surface area contributed by atoms with Gasteiger partial charge in [-0.2, -0.15) is 0 Å². The average molecular weight is 302 g/mol. The van der Waals surface area contributed by atoms with E-state index >= 15 is 0 Å². The molecule has 1 saturated heterocycles. The molecule has 1 fully saturated rings. The maximum atomic E-state index is 12.3. The van der Waals surface area contributed by atoms with Gasteiger partial charge in [-0.3, -0.25) is 4.79 Å². The van der Waals surface area contributed by atoms with Crippen LogP contribution >= 0.6 is 23.2 Å². The van der Waals surface area contributed by atoms with Gasteiger partial charge in [0.1, 0.15) is 6.04 Å². The second kappa shape index (κ2) is 5.80. The van der Waals surface area contributed by atoms with Gasteiger partial charge in [0.15, 0.2) is 0 Å². The Morgan fingerprint density at radius 3 is 2.58 bits per heavy atom. The summed E-state index contributed by atoms with van der Waals surface area (Å²) in [5.74, 6) is -1.28. The molecule has 0 aliphatic carbocycles. The maximum Gasteiger partial charge on any atom is 0.326 e. The van der Waals surface area contributed by atoms with Crippen LogP contribution in [0.2, 0.25) is 10.0 Å². The van der Waals surface area contributed by atoms with Gasteiger partial charge in [0.05, 0.1) is 10.0 Å². The summed E-state index contributed by atoms with van der Waals surface area (Å²) in [6.07, 6.45) is 2.13. The van der Waals surface area contributed by atoms with Crippen LogP contribution < -0.4 is 0 Å². The Kier molecular flexibility index (Phi) is 4.32. The van der Waals surface area contributed by atoms with E-state index in [1.807, 2.05) is 0 Å².